The van der Waals surface area contributed by atoms with E-state index in [0.717, 1.165) is 17.8 Å². The second-order valence-corrected chi connectivity index (χ2v) is 5.94. The molecule has 0 aliphatic carbocycles. The van der Waals surface area contributed by atoms with Crippen LogP contribution in [0, 0.1) is 6.92 Å². The van der Waals surface area contributed by atoms with Crippen LogP contribution in [0.1, 0.15) is 27.5 Å². The first-order valence-electron chi connectivity index (χ1n) is 5.36. The van der Waals surface area contributed by atoms with Crippen molar-refractivity contribution in [3.8, 4) is 0 Å². The third-order valence-electron chi connectivity index (χ3n) is 2.48. The fourth-order valence-corrected chi connectivity index (χ4v) is 2.81. The first kappa shape index (κ1) is 11.8. The fourth-order valence-electron chi connectivity index (χ4n) is 1.63. The smallest absolute Gasteiger partial charge is 0.0897 e. The SMILES string of the molecule is Cc1nc(CCC(Br)c2ccccc2)cs1. The highest BCUT2D eigenvalue weighted by molar-refractivity contribution is 9.09. The minimum atomic E-state index is 0.427. The van der Waals surface area contributed by atoms with E-state index in [-0.39, 0.29) is 0 Å². The lowest BCUT2D eigenvalue weighted by atomic mass is 10.1. The predicted molar refractivity (Wildman–Crippen MR) is 73.3 cm³/mol. The number of aryl methyl sites for hydroxylation is 2. The quantitative estimate of drug-likeness (QED) is 0.756. The molecule has 16 heavy (non-hydrogen) atoms. The summed E-state index contributed by atoms with van der Waals surface area (Å²) in [5.41, 5.74) is 2.55. The molecule has 1 atom stereocenters. The molecule has 0 amide bonds. The molecule has 0 radical (unpaired) electrons. The molecule has 2 rings (SSSR count). The second kappa shape index (κ2) is 5.60. The molecule has 0 aliphatic heterocycles. The molecule has 1 aromatic heterocycles. The molecular formula is C13H14BrNS. The van der Waals surface area contributed by atoms with Crippen LogP contribution in [0.4, 0.5) is 0 Å². The lowest BCUT2D eigenvalue weighted by Crippen LogP contribution is -1.93. The van der Waals surface area contributed by atoms with Crippen LogP contribution in [-0.2, 0) is 6.42 Å². The third-order valence-corrected chi connectivity index (χ3v) is 4.29. The molecule has 1 nitrogen and oxygen atoms in total. The van der Waals surface area contributed by atoms with Gasteiger partial charge in [0, 0.05) is 10.2 Å². The average Bonchev–Trinajstić information content (AvgIpc) is 2.73. The maximum Gasteiger partial charge on any atom is 0.0897 e. The van der Waals surface area contributed by atoms with Crippen molar-refractivity contribution in [2.45, 2.75) is 24.6 Å². The van der Waals surface area contributed by atoms with Gasteiger partial charge in [-0.3, -0.25) is 0 Å². The van der Waals surface area contributed by atoms with Gasteiger partial charge in [-0.2, -0.15) is 0 Å². The number of thiazole rings is 1. The average molecular weight is 296 g/mol. The zero-order valence-corrected chi connectivity index (χ0v) is 11.6. The molecule has 1 aromatic carbocycles. The lowest BCUT2D eigenvalue weighted by Gasteiger charge is -2.08. The van der Waals surface area contributed by atoms with Crippen molar-refractivity contribution >= 4 is 27.3 Å². The van der Waals surface area contributed by atoms with Crippen LogP contribution < -0.4 is 0 Å². The summed E-state index contributed by atoms with van der Waals surface area (Å²) in [5, 5.41) is 3.31. The summed E-state index contributed by atoms with van der Waals surface area (Å²) in [7, 11) is 0. The van der Waals surface area contributed by atoms with Crippen molar-refractivity contribution in [2.75, 3.05) is 0 Å². The Balaban J connectivity index is 1.91. The van der Waals surface area contributed by atoms with E-state index in [9.17, 15) is 0 Å². The number of benzene rings is 1. The molecular weight excluding hydrogens is 282 g/mol. The highest BCUT2D eigenvalue weighted by Crippen LogP contribution is 2.27. The summed E-state index contributed by atoms with van der Waals surface area (Å²) in [4.78, 5) is 4.90. The number of alkyl halides is 1. The first-order chi connectivity index (χ1) is 7.75. The molecule has 0 aliphatic rings. The van der Waals surface area contributed by atoms with Gasteiger partial charge in [0.1, 0.15) is 0 Å². The zero-order chi connectivity index (χ0) is 11.4. The Labute approximate surface area is 109 Å². The molecule has 0 saturated heterocycles. The molecule has 0 saturated carbocycles. The lowest BCUT2D eigenvalue weighted by molar-refractivity contribution is 0.796. The van der Waals surface area contributed by atoms with Crippen LogP contribution in [0.15, 0.2) is 35.7 Å². The summed E-state index contributed by atoms with van der Waals surface area (Å²) in [6, 6.07) is 10.5. The molecule has 84 valence electrons. The molecule has 0 N–H and O–H groups in total. The van der Waals surface area contributed by atoms with E-state index in [4.69, 9.17) is 0 Å². The van der Waals surface area contributed by atoms with Gasteiger partial charge in [0.2, 0.25) is 0 Å². The third kappa shape index (κ3) is 3.16. The Morgan fingerprint density at radius 1 is 1.31 bits per heavy atom. The van der Waals surface area contributed by atoms with Crippen molar-refractivity contribution in [2.24, 2.45) is 0 Å². The highest BCUT2D eigenvalue weighted by Gasteiger charge is 2.08. The van der Waals surface area contributed by atoms with Crippen LogP contribution in [0.3, 0.4) is 0 Å². The van der Waals surface area contributed by atoms with E-state index in [2.05, 4.69) is 57.5 Å². The minimum absolute atomic E-state index is 0.427. The maximum atomic E-state index is 4.47. The van der Waals surface area contributed by atoms with Crippen LogP contribution in [0.5, 0.6) is 0 Å². The van der Waals surface area contributed by atoms with Gasteiger partial charge >= 0.3 is 0 Å². The van der Waals surface area contributed by atoms with E-state index in [1.165, 1.54) is 11.3 Å². The number of hydrogen-bond donors (Lipinski definition) is 0. The van der Waals surface area contributed by atoms with Crippen molar-refractivity contribution < 1.29 is 0 Å². The number of aromatic nitrogens is 1. The number of hydrogen-bond acceptors (Lipinski definition) is 2. The van der Waals surface area contributed by atoms with E-state index in [0.29, 0.717) is 4.83 Å². The number of halogens is 1. The number of nitrogens with zero attached hydrogens (tertiary/aromatic N) is 1. The molecule has 3 heteroatoms. The normalized spacial score (nSPS) is 12.6. The summed E-state index contributed by atoms with van der Waals surface area (Å²) in [6.45, 7) is 2.05. The van der Waals surface area contributed by atoms with Crippen LogP contribution in [0.2, 0.25) is 0 Å². The van der Waals surface area contributed by atoms with Gasteiger partial charge in [-0.1, -0.05) is 46.3 Å². The zero-order valence-electron chi connectivity index (χ0n) is 9.19. The number of rotatable bonds is 4. The van der Waals surface area contributed by atoms with Gasteiger partial charge in [0.15, 0.2) is 0 Å². The van der Waals surface area contributed by atoms with Gasteiger partial charge in [-0.15, -0.1) is 11.3 Å². The van der Waals surface area contributed by atoms with Gasteiger partial charge in [0.25, 0.3) is 0 Å². The Bertz CT molecular complexity index is 438. The van der Waals surface area contributed by atoms with Crippen molar-refractivity contribution in [3.05, 3.63) is 52.0 Å². The van der Waals surface area contributed by atoms with Gasteiger partial charge in [-0.25, -0.2) is 4.98 Å². The fraction of sp³-hybridized carbons (Fsp3) is 0.308. The standard InChI is InChI=1S/C13H14BrNS/c1-10-15-12(9-16-10)7-8-13(14)11-5-3-2-4-6-11/h2-6,9,13H,7-8H2,1H3. The monoisotopic (exact) mass is 295 g/mol. The Kier molecular flexibility index (Phi) is 4.13. The molecule has 0 fully saturated rings. The van der Waals surface area contributed by atoms with Gasteiger partial charge in [0.05, 0.1) is 10.7 Å². The van der Waals surface area contributed by atoms with E-state index in [1.54, 1.807) is 11.3 Å². The largest absolute Gasteiger partial charge is 0.247 e. The van der Waals surface area contributed by atoms with Gasteiger partial charge in [-0.05, 0) is 25.3 Å². The molecule has 0 bridgehead atoms. The summed E-state index contributed by atoms with van der Waals surface area (Å²) in [5.74, 6) is 0. The Morgan fingerprint density at radius 3 is 2.69 bits per heavy atom. The Morgan fingerprint density at radius 2 is 2.06 bits per heavy atom. The van der Waals surface area contributed by atoms with Crippen LogP contribution >= 0.6 is 27.3 Å². The van der Waals surface area contributed by atoms with Crippen molar-refractivity contribution in [3.63, 3.8) is 0 Å². The molecule has 1 heterocycles. The first-order valence-corrected chi connectivity index (χ1v) is 7.15. The van der Waals surface area contributed by atoms with E-state index in [1.807, 2.05) is 6.07 Å². The summed E-state index contributed by atoms with van der Waals surface area (Å²) in [6.07, 6.45) is 2.13. The van der Waals surface area contributed by atoms with Gasteiger partial charge < -0.3 is 0 Å². The topological polar surface area (TPSA) is 12.9 Å². The maximum absolute atomic E-state index is 4.47. The second-order valence-electron chi connectivity index (χ2n) is 3.77. The minimum Gasteiger partial charge on any atom is -0.247 e. The summed E-state index contributed by atoms with van der Waals surface area (Å²) < 4.78 is 0. The summed E-state index contributed by atoms with van der Waals surface area (Å²) >= 11 is 5.45. The highest BCUT2D eigenvalue weighted by atomic mass is 79.9. The van der Waals surface area contributed by atoms with Crippen LogP contribution in [-0.4, -0.2) is 4.98 Å². The Hall–Kier alpha value is -0.670. The van der Waals surface area contributed by atoms with Crippen molar-refractivity contribution in [1.82, 2.24) is 4.98 Å². The molecule has 1 unspecified atom stereocenters. The van der Waals surface area contributed by atoms with Crippen molar-refractivity contribution in [1.29, 1.82) is 0 Å². The van der Waals surface area contributed by atoms with E-state index < -0.39 is 0 Å². The van der Waals surface area contributed by atoms with E-state index >= 15 is 0 Å². The molecule has 0 spiro atoms. The molecule has 2 aromatic rings. The van der Waals surface area contributed by atoms with Crippen LogP contribution in [0.25, 0.3) is 0 Å². The predicted octanol–water partition coefficient (Wildman–Crippen LogP) is 4.52.